The summed E-state index contributed by atoms with van der Waals surface area (Å²) in [6, 6.07) is 6.53. The average molecular weight is 459 g/mol. The molecule has 2 aromatic rings. The summed E-state index contributed by atoms with van der Waals surface area (Å²) in [4.78, 5) is 10.2. The van der Waals surface area contributed by atoms with Crippen molar-refractivity contribution in [3.05, 3.63) is 56.6 Å². The van der Waals surface area contributed by atoms with Crippen molar-refractivity contribution in [3.63, 3.8) is 0 Å². The van der Waals surface area contributed by atoms with E-state index in [0.717, 1.165) is 23.6 Å². The van der Waals surface area contributed by atoms with Gasteiger partial charge in [0.05, 0.1) is 34.4 Å². The second-order valence-electron chi connectivity index (χ2n) is 6.99. The van der Waals surface area contributed by atoms with E-state index in [0.29, 0.717) is 22.5 Å². The molecule has 4 N–H and O–H groups in total. The van der Waals surface area contributed by atoms with E-state index < -0.39 is 25.0 Å². The molecule has 10 nitrogen and oxygen atoms in total. The molecule has 0 saturated carbocycles. The summed E-state index contributed by atoms with van der Waals surface area (Å²) in [6.07, 6.45) is 2.12. The molecule has 0 spiro atoms. The number of nitrogens with two attached hydrogens (primary N) is 1. The van der Waals surface area contributed by atoms with Crippen molar-refractivity contribution in [2.75, 3.05) is 27.7 Å². The van der Waals surface area contributed by atoms with Gasteiger partial charge in [0.15, 0.2) is 0 Å². The normalized spacial score (nSPS) is 11.3. The molecular formula is C18H26N4O6S2. The minimum absolute atomic E-state index is 0.0915. The number of hydrogen-bond donors (Lipinski definition) is 3. The number of anilines is 3. The van der Waals surface area contributed by atoms with Crippen LogP contribution in [0.4, 0.5) is 22.7 Å². The van der Waals surface area contributed by atoms with E-state index >= 15 is 0 Å². The summed E-state index contributed by atoms with van der Waals surface area (Å²) >= 11 is 0. The van der Waals surface area contributed by atoms with E-state index in [1.807, 2.05) is 13.0 Å². The van der Waals surface area contributed by atoms with Crippen molar-refractivity contribution < 1.29 is 21.8 Å². The Labute approximate surface area is 176 Å². The van der Waals surface area contributed by atoms with Gasteiger partial charge in [-0.2, -0.15) is 0 Å². The van der Waals surface area contributed by atoms with Crippen LogP contribution in [0, 0.1) is 37.8 Å². The topological polar surface area (TPSA) is 162 Å². The zero-order valence-corrected chi connectivity index (χ0v) is 19.2. The SMILES string of the molecule is Cc1cc(N)c(C)c(NS(C)(=O)=O)c1.Cc1cc(NS(C)(=O)=O)c(C)c([N+](=O)[O-])c1. The third-order valence-electron chi connectivity index (χ3n) is 3.90. The quantitative estimate of drug-likeness (QED) is 0.352. The summed E-state index contributed by atoms with van der Waals surface area (Å²) in [5, 5.41) is 10.7. The molecule has 0 aliphatic rings. The predicted octanol–water partition coefficient (Wildman–Crippen LogP) is 2.84. The maximum atomic E-state index is 11.1. The lowest BCUT2D eigenvalue weighted by Gasteiger charge is -2.10. The second kappa shape index (κ2) is 9.30. The van der Waals surface area contributed by atoms with Gasteiger partial charge in [-0.1, -0.05) is 0 Å². The number of nitrogens with zero attached hydrogens (tertiary/aromatic N) is 1. The summed E-state index contributed by atoms with van der Waals surface area (Å²) in [7, 11) is -6.67. The average Bonchev–Trinajstić information content (AvgIpc) is 2.53. The van der Waals surface area contributed by atoms with Gasteiger partial charge in [-0.05, 0) is 62.6 Å². The lowest BCUT2D eigenvalue weighted by Crippen LogP contribution is -2.11. The van der Waals surface area contributed by atoms with E-state index in [9.17, 15) is 26.9 Å². The number of hydrogen-bond acceptors (Lipinski definition) is 7. The van der Waals surface area contributed by atoms with Gasteiger partial charge in [0.1, 0.15) is 0 Å². The molecule has 2 aromatic carbocycles. The molecule has 0 heterocycles. The fraction of sp³-hybridized carbons (Fsp3) is 0.333. The fourth-order valence-corrected chi connectivity index (χ4v) is 3.75. The van der Waals surface area contributed by atoms with Crippen LogP contribution < -0.4 is 15.2 Å². The van der Waals surface area contributed by atoms with Crippen LogP contribution in [0.1, 0.15) is 22.3 Å². The Morgan fingerprint density at radius 1 is 0.800 bits per heavy atom. The molecule has 0 bridgehead atoms. The Hall–Kier alpha value is -2.86. The molecule has 0 aliphatic carbocycles. The van der Waals surface area contributed by atoms with Crippen LogP contribution in [0.3, 0.4) is 0 Å². The van der Waals surface area contributed by atoms with E-state index in [2.05, 4.69) is 9.44 Å². The van der Waals surface area contributed by atoms with Crippen LogP contribution in [-0.2, 0) is 20.0 Å². The van der Waals surface area contributed by atoms with Crippen molar-refractivity contribution >= 4 is 42.8 Å². The van der Waals surface area contributed by atoms with Crippen molar-refractivity contribution in [1.82, 2.24) is 0 Å². The third-order valence-corrected chi connectivity index (χ3v) is 5.09. The van der Waals surface area contributed by atoms with Crippen molar-refractivity contribution in [1.29, 1.82) is 0 Å². The predicted molar refractivity (Wildman–Crippen MR) is 120 cm³/mol. The molecule has 12 heteroatoms. The van der Waals surface area contributed by atoms with Crippen LogP contribution in [-0.4, -0.2) is 34.3 Å². The molecular weight excluding hydrogens is 432 g/mol. The number of nitro groups is 1. The monoisotopic (exact) mass is 458 g/mol. The highest BCUT2D eigenvalue weighted by Crippen LogP contribution is 2.28. The Balaban J connectivity index is 0.000000303. The van der Waals surface area contributed by atoms with Gasteiger partial charge in [0.2, 0.25) is 20.0 Å². The van der Waals surface area contributed by atoms with Crippen molar-refractivity contribution in [2.24, 2.45) is 0 Å². The summed E-state index contributed by atoms with van der Waals surface area (Å²) in [6.45, 7) is 6.82. The molecule has 0 fully saturated rings. The standard InChI is InChI=1S/C9H12N2O4S.C9H14N2O2S/c1-6-4-8(10-16(3,14)15)7(2)9(5-6)11(12)13;1-6-4-8(10)7(2)9(5-6)11-14(3,12)13/h4-5,10H,1-3H3;4-5,11H,10H2,1-3H3. The Bertz CT molecular complexity index is 1180. The highest BCUT2D eigenvalue weighted by Gasteiger charge is 2.16. The number of nitrogens with one attached hydrogen (secondary N) is 2. The second-order valence-corrected chi connectivity index (χ2v) is 10.5. The highest BCUT2D eigenvalue weighted by molar-refractivity contribution is 7.92. The van der Waals surface area contributed by atoms with Gasteiger partial charge in [-0.3, -0.25) is 19.6 Å². The first-order chi connectivity index (χ1) is 13.5. The first-order valence-electron chi connectivity index (χ1n) is 8.58. The first kappa shape index (κ1) is 25.2. The molecule has 2 rings (SSSR count). The van der Waals surface area contributed by atoms with E-state index in [-0.39, 0.29) is 11.4 Å². The van der Waals surface area contributed by atoms with Crippen molar-refractivity contribution in [3.8, 4) is 0 Å². The highest BCUT2D eigenvalue weighted by atomic mass is 32.2. The maximum Gasteiger partial charge on any atom is 0.274 e. The Kier molecular flexibility index (Phi) is 7.81. The minimum atomic E-state index is -3.43. The summed E-state index contributed by atoms with van der Waals surface area (Å²) in [5.41, 5.74) is 9.61. The van der Waals surface area contributed by atoms with E-state index in [4.69, 9.17) is 5.73 Å². The van der Waals surface area contributed by atoms with Gasteiger partial charge in [0, 0.05) is 11.8 Å². The molecule has 0 unspecified atom stereocenters. The number of aryl methyl sites for hydroxylation is 2. The zero-order chi connectivity index (χ0) is 23.4. The smallest absolute Gasteiger partial charge is 0.274 e. The molecule has 0 amide bonds. The summed E-state index contributed by atoms with van der Waals surface area (Å²) < 4.78 is 48.9. The van der Waals surface area contributed by atoms with Crippen LogP contribution in [0.15, 0.2) is 24.3 Å². The van der Waals surface area contributed by atoms with Crippen LogP contribution in [0.2, 0.25) is 0 Å². The number of nitro benzene ring substituents is 1. The Morgan fingerprint density at radius 3 is 1.60 bits per heavy atom. The van der Waals surface area contributed by atoms with Crippen LogP contribution in [0.5, 0.6) is 0 Å². The minimum Gasteiger partial charge on any atom is -0.398 e. The van der Waals surface area contributed by atoms with Crippen molar-refractivity contribution in [2.45, 2.75) is 27.7 Å². The van der Waals surface area contributed by atoms with Crippen LogP contribution >= 0.6 is 0 Å². The maximum absolute atomic E-state index is 11.1. The molecule has 0 aliphatic heterocycles. The van der Waals surface area contributed by atoms with Gasteiger partial charge in [-0.15, -0.1) is 0 Å². The third kappa shape index (κ3) is 7.87. The lowest BCUT2D eigenvalue weighted by atomic mass is 10.1. The molecule has 166 valence electrons. The van der Waals surface area contributed by atoms with Gasteiger partial charge in [0.25, 0.3) is 5.69 Å². The zero-order valence-electron chi connectivity index (χ0n) is 17.6. The molecule has 0 saturated heterocycles. The number of benzene rings is 2. The van der Waals surface area contributed by atoms with Gasteiger partial charge in [-0.25, -0.2) is 16.8 Å². The first-order valence-corrected chi connectivity index (χ1v) is 12.4. The van der Waals surface area contributed by atoms with Gasteiger partial charge < -0.3 is 5.73 Å². The molecule has 0 aromatic heterocycles. The number of rotatable bonds is 5. The van der Waals surface area contributed by atoms with Crippen LogP contribution in [0.25, 0.3) is 0 Å². The molecule has 0 radical (unpaired) electrons. The number of nitrogen functional groups attached to an aromatic ring is 1. The summed E-state index contributed by atoms with van der Waals surface area (Å²) in [5.74, 6) is 0. The molecule has 0 atom stereocenters. The van der Waals surface area contributed by atoms with E-state index in [1.54, 1.807) is 26.0 Å². The molecule has 30 heavy (non-hydrogen) atoms. The fourth-order valence-electron chi connectivity index (χ4n) is 2.53. The largest absolute Gasteiger partial charge is 0.398 e. The van der Waals surface area contributed by atoms with Gasteiger partial charge >= 0.3 is 0 Å². The lowest BCUT2D eigenvalue weighted by molar-refractivity contribution is -0.385. The van der Waals surface area contributed by atoms with E-state index in [1.165, 1.54) is 13.0 Å². The Morgan fingerprint density at radius 2 is 1.20 bits per heavy atom. The number of sulfonamides is 2.